The van der Waals surface area contributed by atoms with Crippen LogP contribution in [0.25, 0.3) is 0 Å². The van der Waals surface area contributed by atoms with Crippen molar-refractivity contribution in [2.75, 3.05) is 15.2 Å². The van der Waals surface area contributed by atoms with Gasteiger partial charge < -0.3 is 0 Å². The fourth-order valence-corrected chi connectivity index (χ4v) is 5.22. The third-order valence-corrected chi connectivity index (χ3v) is 6.34. The molecule has 0 N–H and O–H groups in total. The van der Waals surface area contributed by atoms with E-state index in [9.17, 15) is 43.2 Å². The summed E-state index contributed by atoms with van der Waals surface area (Å²) in [6.45, 7) is 0. The lowest BCUT2D eigenvalue weighted by Crippen LogP contribution is -2.45. The van der Waals surface area contributed by atoms with Gasteiger partial charge in [-0.3, -0.25) is 0 Å². The number of benzene rings is 1. The van der Waals surface area contributed by atoms with Crippen LogP contribution < -0.4 is 3.71 Å². The zero-order valence-corrected chi connectivity index (χ0v) is 12.6. The smallest absolute Gasteiger partial charge is 0.205 e. The van der Waals surface area contributed by atoms with E-state index in [1.54, 1.807) is 0 Å². The van der Waals surface area contributed by atoms with Gasteiger partial charge in [-0.25, -0.2) is 16.8 Å². The van der Waals surface area contributed by atoms with Gasteiger partial charge in [0, 0.05) is 0 Å². The van der Waals surface area contributed by atoms with Gasteiger partial charge in [0.25, 0.3) is 20.0 Å². The molecule has 0 amide bonds. The van der Waals surface area contributed by atoms with Crippen molar-refractivity contribution < 1.29 is 43.2 Å². The first-order chi connectivity index (χ1) is 10.1. The highest BCUT2D eigenvalue weighted by molar-refractivity contribution is 8.10. The molecular formula is C10H9F6NO4S2. The van der Waals surface area contributed by atoms with Crippen LogP contribution in [0, 0.1) is 0 Å². The topological polar surface area (TPSA) is 71.5 Å². The molecule has 0 saturated carbocycles. The first kappa shape index (κ1) is 19.5. The van der Waals surface area contributed by atoms with Gasteiger partial charge in [-0.15, -0.1) is 0 Å². The van der Waals surface area contributed by atoms with E-state index in [0.717, 1.165) is 24.3 Å². The second-order valence-electron chi connectivity index (χ2n) is 4.28. The Morgan fingerprint density at radius 1 is 0.739 bits per heavy atom. The SMILES string of the molecule is O=S(=O)(CC(F)(F)F)N(c1ccccc1)S(=O)(=O)CC(F)(F)F. The molecule has 0 aliphatic rings. The summed E-state index contributed by atoms with van der Waals surface area (Å²) in [5, 5.41) is 0. The Morgan fingerprint density at radius 3 is 1.39 bits per heavy atom. The van der Waals surface area contributed by atoms with E-state index >= 15 is 0 Å². The minimum atomic E-state index is -5.64. The number of sulfonamides is 2. The van der Waals surface area contributed by atoms with Crippen molar-refractivity contribution in [3.8, 4) is 0 Å². The largest absolute Gasteiger partial charge is 0.404 e. The zero-order valence-electron chi connectivity index (χ0n) is 11.0. The Bertz CT molecular complexity index is 694. The Balaban J connectivity index is 3.47. The molecule has 0 bridgehead atoms. The second kappa shape index (κ2) is 6.19. The Hall–Kier alpha value is -1.50. The van der Waals surface area contributed by atoms with Gasteiger partial charge in [0.15, 0.2) is 11.5 Å². The van der Waals surface area contributed by atoms with E-state index < -0.39 is 53.3 Å². The number of hydrogen-bond donors (Lipinski definition) is 0. The predicted octanol–water partition coefficient (Wildman–Crippen LogP) is 2.28. The van der Waals surface area contributed by atoms with Gasteiger partial charge in [-0.05, 0) is 12.1 Å². The molecule has 1 aromatic carbocycles. The predicted molar refractivity (Wildman–Crippen MR) is 68.6 cm³/mol. The summed E-state index contributed by atoms with van der Waals surface area (Å²) < 4.78 is 120. The van der Waals surface area contributed by atoms with Crippen LogP contribution in [0.5, 0.6) is 0 Å². The molecule has 0 atom stereocenters. The van der Waals surface area contributed by atoms with E-state index in [2.05, 4.69) is 0 Å². The van der Waals surface area contributed by atoms with Gasteiger partial charge in [-0.1, -0.05) is 18.2 Å². The summed E-state index contributed by atoms with van der Waals surface area (Å²) in [6.07, 6.45) is -10.7. The van der Waals surface area contributed by atoms with E-state index in [1.807, 2.05) is 0 Å². The molecule has 132 valence electrons. The quantitative estimate of drug-likeness (QED) is 0.729. The molecule has 0 fully saturated rings. The van der Waals surface area contributed by atoms with Crippen LogP contribution in [0.3, 0.4) is 0 Å². The lowest BCUT2D eigenvalue weighted by atomic mass is 10.3. The Labute approximate surface area is 127 Å². The summed E-state index contributed by atoms with van der Waals surface area (Å²) in [5.41, 5.74) is -0.846. The zero-order chi connectivity index (χ0) is 18.1. The number of nitrogens with zero attached hydrogens (tertiary/aromatic N) is 1. The number of halogens is 6. The third kappa shape index (κ3) is 5.89. The van der Waals surface area contributed by atoms with Crippen LogP contribution in [0.1, 0.15) is 0 Å². The van der Waals surface area contributed by atoms with Gasteiger partial charge in [0.1, 0.15) is 0 Å². The third-order valence-electron chi connectivity index (χ3n) is 2.16. The molecule has 1 rings (SSSR count). The van der Waals surface area contributed by atoms with Crippen LogP contribution in [-0.2, 0) is 20.0 Å². The highest BCUT2D eigenvalue weighted by Gasteiger charge is 2.47. The molecule has 23 heavy (non-hydrogen) atoms. The van der Waals surface area contributed by atoms with E-state index in [-0.39, 0.29) is 0 Å². The summed E-state index contributed by atoms with van der Waals surface area (Å²) in [7, 11) is -11.3. The first-order valence-corrected chi connectivity index (χ1v) is 8.80. The van der Waals surface area contributed by atoms with Crippen molar-refractivity contribution in [2.24, 2.45) is 0 Å². The van der Waals surface area contributed by atoms with Crippen molar-refractivity contribution in [3.63, 3.8) is 0 Å². The minimum Gasteiger partial charge on any atom is -0.205 e. The van der Waals surface area contributed by atoms with Gasteiger partial charge in [-0.2, -0.15) is 30.1 Å². The summed E-state index contributed by atoms with van der Waals surface area (Å²) in [5.74, 6) is -5.24. The molecule has 1 aromatic rings. The highest BCUT2D eigenvalue weighted by Crippen LogP contribution is 2.29. The molecule has 0 aliphatic heterocycles. The molecule has 0 aromatic heterocycles. The molecule has 0 unspecified atom stereocenters. The van der Waals surface area contributed by atoms with Crippen molar-refractivity contribution in [3.05, 3.63) is 30.3 Å². The summed E-state index contributed by atoms with van der Waals surface area (Å²) in [4.78, 5) is 0. The van der Waals surface area contributed by atoms with E-state index in [4.69, 9.17) is 0 Å². The molecule has 0 radical (unpaired) electrons. The van der Waals surface area contributed by atoms with Crippen LogP contribution in [0.4, 0.5) is 32.0 Å². The number of alkyl halides is 6. The minimum absolute atomic E-state index is 0.766. The van der Waals surface area contributed by atoms with Gasteiger partial charge >= 0.3 is 12.4 Å². The lowest BCUT2D eigenvalue weighted by Gasteiger charge is -2.24. The van der Waals surface area contributed by atoms with Gasteiger partial charge in [0.2, 0.25) is 0 Å². The molecular weight excluding hydrogens is 376 g/mol. The number of rotatable bonds is 5. The highest BCUT2D eigenvalue weighted by atomic mass is 32.3. The van der Waals surface area contributed by atoms with Gasteiger partial charge in [0.05, 0.1) is 5.69 Å². The Morgan fingerprint density at radius 2 is 1.09 bits per heavy atom. The average molecular weight is 385 g/mol. The number of anilines is 1. The molecule has 0 spiro atoms. The van der Waals surface area contributed by atoms with Crippen LogP contribution in [0.2, 0.25) is 0 Å². The maximum atomic E-state index is 12.3. The number of para-hydroxylation sites is 1. The van der Waals surface area contributed by atoms with Crippen LogP contribution in [-0.4, -0.2) is 40.7 Å². The van der Waals surface area contributed by atoms with Crippen LogP contribution >= 0.6 is 0 Å². The monoisotopic (exact) mass is 385 g/mol. The standard InChI is InChI=1S/C10H9F6NO4S2/c11-9(12,13)6-22(18,19)17(8-4-2-1-3-5-8)23(20,21)7-10(14,15)16/h1-5H,6-7H2. The lowest BCUT2D eigenvalue weighted by molar-refractivity contribution is -0.107. The molecule has 5 nitrogen and oxygen atoms in total. The molecule has 13 heteroatoms. The normalized spacial score (nSPS) is 13.8. The fourth-order valence-electron chi connectivity index (χ4n) is 1.57. The maximum Gasteiger partial charge on any atom is 0.404 e. The Kier molecular flexibility index (Phi) is 5.26. The summed E-state index contributed by atoms with van der Waals surface area (Å²) in [6, 6.07) is 4.93. The maximum absolute atomic E-state index is 12.3. The van der Waals surface area contributed by atoms with Crippen molar-refractivity contribution in [1.82, 2.24) is 0 Å². The second-order valence-corrected chi connectivity index (χ2v) is 8.14. The molecule has 0 heterocycles. The fraction of sp³-hybridized carbons (Fsp3) is 0.400. The summed E-state index contributed by atoms with van der Waals surface area (Å²) >= 11 is 0. The van der Waals surface area contributed by atoms with Crippen molar-refractivity contribution in [2.45, 2.75) is 12.4 Å². The molecule has 0 saturated heterocycles. The number of hydrogen-bond acceptors (Lipinski definition) is 4. The first-order valence-electron chi connectivity index (χ1n) is 5.58. The van der Waals surface area contributed by atoms with Crippen LogP contribution in [0.15, 0.2) is 30.3 Å². The molecule has 0 aliphatic carbocycles. The van der Waals surface area contributed by atoms with Crippen molar-refractivity contribution in [1.29, 1.82) is 0 Å². The van der Waals surface area contributed by atoms with E-state index in [1.165, 1.54) is 6.07 Å². The van der Waals surface area contributed by atoms with Crippen molar-refractivity contribution >= 4 is 25.7 Å². The van der Waals surface area contributed by atoms with E-state index in [0.29, 0.717) is 0 Å². The average Bonchev–Trinajstić information content (AvgIpc) is 2.21.